The summed E-state index contributed by atoms with van der Waals surface area (Å²) in [5, 5.41) is 0. The molecule has 0 atom stereocenters. The molecule has 0 aliphatic rings. The van der Waals surface area contributed by atoms with E-state index in [0.717, 1.165) is 13.0 Å². The van der Waals surface area contributed by atoms with Crippen molar-refractivity contribution in [2.24, 2.45) is 0 Å². The van der Waals surface area contributed by atoms with Crippen LogP contribution in [0.2, 0.25) is 0 Å². The van der Waals surface area contributed by atoms with E-state index in [1.165, 1.54) is 4.31 Å². The van der Waals surface area contributed by atoms with E-state index >= 15 is 0 Å². The van der Waals surface area contributed by atoms with Gasteiger partial charge in [-0.3, -0.25) is 0 Å². The van der Waals surface area contributed by atoms with Crippen LogP contribution in [0.15, 0.2) is 24.3 Å². The Labute approximate surface area is 127 Å². The van der Waals surface area contributed by atoms with Crippen LogP contribution in [-0.4, -0.2) is 64.2 Å². The van der Waals surface area contributed by atoms with Crippen LogP contribution in [0.4, 0.5) is 5.69 Å². The third-order valence-corrected chi connectivity index (χ3v) is 4.84. The van der Waals surface area contributed by atoms with E-state index in [0.29, 0.717) is 18.0 Å². The summed E-state index contributed by atoms with van der Waals surface area (Å²) >= 11 is 0. The first-order valence-electron chi connectivity index (χ1n) is 6.88. The molecule has 0 aromatic heterocycles. The minimum atomic E-state index is -3.28. The van der Waals surface area contributed by atoms with Gasteiger partial charge in [0.05, 0.1) is 5.75 Å². The van der Waals surface area contributed by atoms with Gasteiger partial charge in [-0.2, -0.15) is 0 Å². The standard InChI is InChI=1S/C14H25N3O3S/c1-16(2)8-5-9-17(3)21(18,19)11-10-20-14-7-4-6-13(15)12-14/h4,6-7,12H,5,8-11,15H2,1-3H3. The monoisotopic (exact) mass is 315 g/mol. The van der Waals surface area contributed by atoms with Gasteiger partial charge in [0.2, 0.25) is 10.0 Å². The second-order valence-electron chi connectivity index (χ2n) is 5.22. The largest absolute Gasteiger partial charge is 0.492 e. The maximum Gasteiger partial charge on any atom is 0.217 e. The van der Waals surface area contributed by atoms with Crippen LogP contribution in [-0.2, 0) is 10.0 Å². The molecular formula is C14H25N3O3S. The summed E-state index contributed by atoms with van der Waals surface area (Å²) in [6.45, 7) is 1.49. The molecule has 0 heterocycles. The van der Waals surface area contributed by atoms with Gasteiger partial charge in [0.1, 0.15) is 12.4 Å². The van der Waals surface area contributed by atoms with Crippen molar-refractivity contribution < 1.29 is 13.2 Å². The summed E-state index contributed by atoms with van der Waals surface area (Å²) in [5.41, 5.74) is 6.23. The molecule has 1 aromatic carbocycles. The Bertz CT molecular complexity index is 532. The van der Waals surface area contributed by atoms with Crippen LogP contribution in [0.3, 0.4) is 0 Å². The highest BCUT2D eigenvalue weighted by atomic mass is 32.2. The van der Waals surface area contributed by atoms with E-state index in [9.17, 15) is 8.42 Å². The number of hydrogen-bond acceptors (Lipinski definition) is 5. The molecule has 2 N–H and O–H groups in total. The topological polar surface area (TPSA) is 75.9 Å². The summed E-state index contributed by atoms with van der Waals surface area (Å²) < 4.78 is 31.0. The minimum absolute atomic E-state index is 0.0414. The maximum absolute atomic E-state index is 12.1. The molecule has 0 unspecified atom stereocenters. The number of hydrogen-bond donors (Lipinski definition) is 1. The third-order valence-electron chi connectivity index (χ3n) is 3.02. The second kappa shape index (κ2) is 8.21. The highest BCUT2D eigenvalue weighted by Gasteiger charge is 2.17. The number of nitrogen functional groups attached to an aromatic ring is 1. The first kappa shape index (κ1) is 17.7. The molecule has 0 spiro atoms. The van der Waals surface area contributed by atoms with Gasteiger partial charge in [-0.1, -0.05) is 6.07 Å². The number of nitrogens with two attached hydrogens (primary N) is 1. The molecule has 7 heteroatoms. The number of ether oxygens (including phenoxy) is 1. The number of nitrogens with zero attached hydrogens (tertiary/aromatic N) is 2. The van der Waals surface area contributed by atoms with Crippen LogP contribution in [0.25, 0.3) is 0 Å². The number of anilines is 1. The Morgan fingerprint density at radius 3 is 2.52 bits per heavy atom. The molecule has 0 amide bonds. The van der Waals surface area contributed by atoms with Crippen LogP contribution < -0.4 is 10.5 Å². The summed E-state index contributed by atoms with van der Waals surface area (Å²) in [4.78, 5) is 2.03. The molecule has 0 saturated carbocycles. The fourth-order valence-electron chi connectivity index (χ4n) is 1.77. The summed E-state index contributed by atoms with van der Waals surface area (Å²) in [5.74, 6) is 0.542. The van der Waals surface area contributed by atoms with Gasteiger partial charge >= 0.3 is 0 Å². The Morgan fingerprint density at radius 1 is 1.19 bits per heavy atom. The van der Waals surface area contributed by atoms with Crippen LogP contribution in [0.1, 0.15) is 6.42 Å². The summed E-state index contributed by atoms with van der Waals surface area (Å²) in [6.07, 6.45) is 0.804. The van der Waals surface area contributed by atoms with E-state index < -0.39 is 10.0 Å². The van der Waals surface area contributed by atoms with Crippen molar-refractivity contribution in [2.45, 2.75) is 6.42 Å². The van der Waals surface area contributed by atoms with Crippen LogP contribution in [0, 0.1) is 0 Å². The lowest BCUT2D eigenvalue weighted by Crippen LogP contribution is -2.33. The van der Waals surface area contributed by atoms with Crippen molar-refractivity contribution >= 4 is 15.7 Å². The molecule has 1 rings (SSSR count). The van der Waals surface area contributed by atoms with E-state index in [-0.39, 0.29) is 12.4 Å². The lowest BCUT2D eigenvalue weighted by Gasteiger charge is -2.18. The lowest BCUT2D eigenvalue weighted by atomic mass is 10.3. The van der Waals surface area contributed by atoms with Gasteiger partial charge in [-0.25, -0.2) is 12.7 Å². The van der Waals surface area contributed by atoms with Gasteiger partial charge in [0.25, 0.3) is 0 Å². The van der Waals surface area contributed by atoms with Gasteiger partial charge < -0.3 is 15.4 Å². The Balaban J connectivity index is 2.38. The fourth-order valence-corrected chi connectivity index (χ4v) is 2.79. The SMILES string of the molecule is CN(C)CCCN(C)S(=O)(=O)CCOc1cccc(N)c1. The van der Waals surface area contributed by atoms with Crippen molar-refractivity contribution in [2.75, 3.05) is 52.3 Å². The molecule has 120 valence electrons. The molecule has 0 saturated heterocycles. The zero-order chi connectivity index (χ0) is 15.9. The zero-order valence-electron chi connectivity index (χ0n) is 12.9. The van der Waals surface area contributed by atoms with Gasteiger partial charge in [-0.15, -0.1) is 0 Å². The molecule has 1 aromatic rings. The van der Waals surface area contributed by atoms with E-state index in [1.54, 1.807) is 31.3 Å². The normalized spacial score (nSPS) is 12.0. The average Bonchev–Trinajstić information content (AvgIpc) is 2.38. The molecule has 0 radical (unpaired) electrons. The van der Waals surface area contributed by atoms with Crippen LogP contribution in [0.5, 0.6) is 5.75 Å². The van der Waals surface area contributed by atoms with Crippen molar-refractivity contribution in [3.8, 4) is 5.75 Å². The predicted molar refractivity (Wildman–Crippen MR) is 85.9 cm³/mol. The van der Waals surface area contributed by atoms with Crippen molar-refractivity contribution in [3.63, 3.8) is 0 Å². The van der Waals surface area contributed by atoms with E-state index in [4.69, 9.17) is 10.5 Å². The molecule has 0 bridgehead atoms. The molecule has 0 fully saturated rings. The van der Waals surface area contributed by atoms with Crippen molar-refractivity contribution in [1.82, 2.24) is 9.21 Å². The lowest BCUT2D eigenvalue weighted by molar-refractivity contribution is 0.334. The molecular weight excluding hydrogens is 290 g/mol. The summed E-state index contributed by atoms with van der Waals surface area (Å²) in [6, 6.07) is 6.95. The Kier molecular flexibility index (Phi) is 6.94. The van der Waals surface area contributed by atoms with Crippen molar-refractivity contribution in [1.29, 1.82) is 0 Å². The first-order valence-corrected chi connectivity index (χ1v) is 8.49. The number of rotatable bonds is 9. The molecule has 0 aliphatic carbocycles. The molecule has 0 aliphatic heterocycles. The van der Waals surface area contributed by atoms with Gasteiger partial charge in [0.15, 0.2) is 0 Å². The predicted octanol–water partition coefficient (Wildman–Crippen LogP) is 0.861. The molecule has 6 nitrogen and oxygen atoms in total. The quantitative estimate of drug-likeness (QED) is 0.684. The smallest absolute Gasteiger partial charge is 0.217 e. The highest BCUT2D eigenvalue weighted by molar-refractivity contribution is 7.89. The first-order chi connectivity index (χ1) is 9.81. The second-order valence-corrected chi connectivity index (χ2v) is 7.41. The van der Waals surface area contributed by atoms with Crippen molar-refractivity contribution in [3.05, 3.63) is 24.3 Å². The van der Waals surface area contributed by atoms with Gasteiger partial charge in [-0.05, 0) is 39.2 Å². The Hall–Kier alpha value is -1.31. The average molecular weight is 315 g/mol. The van der Waals surface area contributed by atoms with E-state index in [2.05, 4.69) is 0 Å². The fraction of sp³-hybridized carbons (Fsp3) is 0.571. The minimum Gasteiger partial charge on any atom is -0.492 e. The van der Waals surface area contributed by atoms with E-state index in [1.807, 2.05) is 19.0 Å². The number of benzene rings is 1. The summed E-state index contributed by atoms with van der Waals surface area (Å²) in [7, 11) is 2.26. The molecule has 21 heavy (non-hydrogen) atoms. The maximum atomic E-state index is 12.1. The number of sulfonamides is 1. The Morgan fingerprint density at radius 2 is 1.90 bits per heavy atom. The van der Waals surface area contributed by atoms with Crippen LogP contribution >= 0.6 is 0 Å². The highest BCUT2D eigenvalue weighted by Crippen LogP contribution is 2.14. The van der Waals surface area contributed by atoms with Gasteiger partial charge in [0, 0.05) is 25.3 Å². The third kappa shape index (κ3) is 6.79. The zero-order valence-corrected chi connectivity index (χ0v) is 13.8.